The third-order valence-electron chi connectivity index (χ3n) is 10.1. The average Bonchev–Trinajstić information content (AvgIpc) is 3.80. The van der Waals surface area contributed by atoms with Crippen LogP contribution in [0.25, 0.3) is 76.4 Å². The van der Waals surface area contributed by atoms with Crippen LogP contribution in [0.3, 0.4) is 0 Å². The van der Waals surface area contributed by atoms with E-state index in [1.165, 1.54) is 60.2 Å². The van der Waals surface area contributed by atoms with Crippen molar-refractivity contribution in [2.24, 2.45) is 0 Å². The maximum atomic E-state index is 5.20. The smallest absolute Gasteiger partial charge is 0.124 e. The molecule has 0 saturated heterocycles. The van der Waals surface area contributed by atoms with E-state index in [1.807, 2.05) is 0 Å². The summed E-state index contributed by atoms with van der Waals surface area (Å²) in [5.74, 6) is 0. The van der Waals surface area contributed by atoms with Crippen molar-refractivity contribution in [2.45, 2.75) is 0 Å². The highest BCUT2D eigenvalue weighted by molar-refractivity contribution is 7.19. The molecule has 0 aliphatic heterocycles. The minimum atomic E-state index is 1.06. The van der Waals surface area contributed by atoms with E-state index in [-0.39, 0.29) is 0 Å². The summed E-state index contributed by atoms with van der Waals surface area (Å²) in [7, 11) is 0. The Morgan fingerprint density at radius 2 is 0.923 bits per heavy atom. The predicted octanol–water partition coefficient (Wildman–Crippen LogP) is 14.1. The molecular weight excluding hydrogens is 649 g/mol. The zero-order valence-electron chi connectivity index (χ0n) is 28.3. The Bertz CT molecular complexity index is 2670. The highest BCUT2D eigenvalue weighted by Crippen LogP contribution is 2.54. The van der Waals surface area contributed by atoms with E-state index in [4.69, 9.17) is 4.98 Å². The molecule has 0 saturated carbocycles. The van der Waals surface area contributed by atoms with E-state index in [9.17, 15) is 0 Å². The number of anilines is 3. The molecule has 1 aromatic heterocycles. The lowest BCUT2D eigenvalue weighted by Gasteiger charge is -2.28. The summed E-state index contributed by atoms with van der Waals surface area (Å²) in [6.07, 6.45) is 0. The summed E-state index contributed by atoms with van der Waals surface area (Å²) in [5.41, 5.74) is 15.3. The molecule has 1 aliphatic carbocycles. The van der Waals surface area contributed by atoms with Crippen LogP contribution in [0.15, 0.2) is 194 Å². The molecular formula is C49H32N2S. The largest absolute Gasteiger partial charge is 0.310 e. The lowest BCUT2D eigenvalue weighted by atomic mass is 9.99. The molecule has 10 rings (SSSR count). The molecule has 0 unspecified atom stereocenters. The molecule has 52 heavy (non-hydrogen) atoms. The van der Waals surface area contributed by atoms with Crippen LogP contribution in [-0.4, -0.2) is 4.98 Å². The first-order valence-corrected chi connectivity index (χ1v) is 18.4. The molecule has 3 heteroatoms. The van der Waals surface area contributed by atoms with Crippen LogP contribution in [0.2, 0.25) is 0 Å². The molecule has 2 nitrogen and oxygen atoms in total. The van der Waals surface area contributed by atoms with Crippen molar-refractivity contribution in [3.8, 4) is 65.6 Å². The van der Waals surface area contributed by atoms with Gasteiger partial charge in [0, 0.05) is 38.8 Å². The van der Waals surface area contributed by atoms with Crippen LogP contribution in [0.5, 0.6) is 0 Å². The van der Waals surface area contributed by atoms with Crippen LogP contribution >= 0.6 is 11.3 Å². The Labute approximate surface area is 307 Å². The van der Waals surface area contributed by atoms with Gasteiger partial charge < -0.3 is 4.90 Å². The number of hydrogen-bond acceptors (Lipinski definition) is 3. The predicted molar refractivity (Wildman–Crippen MR) is 220 cm³/mol. The van der Waals surface area contributed by atoms with Crippen molar-refractivity contribution in [3.05, 3.63) is 194 Å². The van der Waals surface area contributed by atoms with Gasteiger partial charge in [-0.05, 0) is 63.7 Å². The number of nitrogens with zero attached hydrogens (tertiary/aromatic N) is 2. The molecule has 0 N–H and O–H groups in total. The monoisotopic (exact) mass is 680 g/mol. The molecule has 1 heterocycles. The maximum absolute atomic E-state index is 5.20. The fourth-order valence-electron chi connectivity index (χ4n) is 7.53. The van der Waals surface area contributed by atoms with Crippen LogP contribution < -0.4 is 4.90 Å². The van der Waals surface area contributed by atoms with E-state index < -0.39 is 0 Å². The first-order valence-electron chi connectivity index (χ1n) is 17.6. The normalized spacial score (nSPS) is 11.5. The highest BCUT2D eigenvalue weighted by Gasteiger charge is 2.28. The van der Waals surface area contributed by atoms with E-state index in [0.717, 1.165) is 33.3 Å². The summed E-state index contributed by atoms with van der Waals surface area (Å²) < 4.78 is 0. The van der Waals surface area contributed by atoms with Crippen molar-refractivity contribution in [1.29, 1.82) is 0 Å². The molecule has 0 spiro atoms. The molecule has 0 bridgehead atoms. The van der Waals surface area contributed by atoms with Gasteiger partial charge in [0.2, 0.25) is 0 Å². The standard InChI is InChI=1S/C49H32N2S/c1-4-12-33(13-5-1)35-22-24-36(25-23-35)37-26-28-40(29-27-37)51(41-19-10-18-39(32-41)34-14-6-2-7-15-34)45-31-30-43-46-42(45)20-11-21-44(46)48-47(43)50-49(52-48)38-16-8-3-9-17-38/h1-32H. The Kier molecular flexibility index (Phi) is 7.37. The van der Waals surface area contributed by atoms with Crippen molar-refractivity contribution >= 4 is 39.2 Å². The zero-order valence-corrected chi connectivity index (χ0v) is 29.1. The van der Waals surface area contributed by atoms with Gasteiger partial charge in [0.15, 0.2) is 0 Å². The summed E-state index contributed by atoms with van der Waals surface area (Å²) >= 11 is 1.79. The summed E-state index contributed by atoms with van der Waals surface area (Å²) in [6, 6.07) is 69.7. The zero-order chi connectivity index (χ0) is 34.4. The Hall–Kier alpha value is -6.55. The second-order valence-corrected chi connectivity index (χ2v) is 14.2. The van der Waals surface area contributed by atoms with Gasteiger partial charge in [0.05, 0.1) is 16.3 Å². The number of thiazole rings is 1. The SMILES string of the molecule is c1ccc(-c2ccc(-c3ccc(N(c4cccc(-c5ccccc5)c4)c4ccc5c6c(cccc46)-c4sc(-c6ccccc6)nc4-5)cc3)cc2)cc1. The summed E-state index contributed by atoms with van der Waals surface area (Å²) in [4.78, 5) is 8.86. The third kappa shape index (κ3) is 5.22. The van der Waals surface area contributed by atoms with E-state index in [2.05, 4.69) is 199 Å². The van der Waals surface area contributed by atoms with Crippen LogP contribution in [0.4, 0.5) is 17.1 Å². The number of fused-ring (bicyclic) bond motifs is 3. The molecule has 244 valence electrons. The van der Waals surface area contributed by atoms with E-state index in [1.54, 1.807) is 11.3 Å². The maximum Gasteiger partial charge on any atom is 0.124 e. The number of aromatic nitrogens is 1. The second kappa shape index (κ2) is 12.6. The summed E-state index contributed by atoms with van der Waals surface area (Å²) in [5, 5.41) is 3.55. The number of rotatable bonds is 7. The molecule has 0 atom stereocenters. The fraction of sp³-hybridized carbons (Fsp3) is 0. The number of hydrogen-bond donors (Lipinski definition) is 0. The molecule has 0 radical (unpaired) electrons. The van der Waals surface area contributed by atoms with Crippen LogP contribution in [0, 0.1) is 0 Å². The molecule has 9 aromatic rings. The highest BCUT2D eigenvalue weighted by atomic mass is 32.1. The van der Waals surface area contributed by atoms with Gasteiger partial charge in [-0.15, -0.1) is 11.3 Å². The van der Waals surface area contributed by atoms with Crippen LogP contribution in [0.1, 0.15) is 0 Å². The van der Waals surface area contributed by atoms with Crippen molar-refractivity contribution in [2.75, 3.05) is 4.90 Å². The van der Waals surface area contributed by atoms with Gasteiger partial charge in [-0.3, -0.25) is 0 Å². The Balaban J connectivity index is 1.09. The van der Waals surface area contributed by atoms with Gasteiger partial charge in [-0.25, -0.2) is 4.98 Å². The summed E-state index contributed by atoms with van der Waals surface area (Å²) in [6.45, 7) is 0. The Morgan fingerprint density at radius 1 is 0.385 bits per heavy atom. The molecule has 0 amide bonds. The van der Waals surface area contributed by atoms with E-state index in [0.29, 0.717) is 0 Å². The van der Waals surface area contributed by atoms with Gasteiger partial charge in [0.1, 0.15) is 5.01 Å². The average molecular weight is 681 g/mol. The lowest BCUT2D eigenvalue weighted by Crippen LogP contribution is -2.10. The van der Waals surface area contributed by atoms with Gasteiger partial charge in [-0.1, -0.05) is 164 Å². The first kappa shape index (κ1) is 30.3. The second-order valence-electron chi connectivity index (χ2n) is 13.2. The molecule has 0 fully saturated rings. The quantitative estimate of drug-likeness (QED) is 0.167. The Morgan fingerprint density at radius 3 is 1.58 bits per heavy atom. The van der Waals surface area contributed by atoms with Gasteiger partial charge in [0.25, 0.3) is 0 Å². The van der Waals surface area contributed by atoms with Gasteiger partial charge >= 0.3 is 0 Å². The molecule has 1 aliphatic rings. The van der Waals surface area contributed by atoms with Crippen LogP contribution in [-0.2, 0) is 0 Å². The van der Waals surface area contributed by atoms with Crippen molar-refractivity contribution in [1.82, 2.24) is 4.98 Å². The number of benzene rings is 8. The van der Waals surface area contributed by atoms with Crippen molar-refractivity contribution in [3.63, 3.8) is 0 Å². The minimum absolute atomic E-state index is 1.06. The topological polar surface area (TPSA) is 16.1 Å². The van der Waals surface area contributed by atoms with Gasteiger partial charge in [-0.2, -0.15) is 0 Å². The first-order chi connectivity index (χ1) is 25.8. The molecule has 8 aromatic carbocycles. The van der Waals surface area contributed by atoms with E-state index >= 15 is 0 Å². The third-order valence-corrected chi connectivity index (χ3v) is 11.2. The van der Waals surface area contributed by atoms with Crippen molar-refractivity contribution < 1.29 is 0 Å². The lowest BCUT2D eigenvalue weighted by molar-refractivity contribution is 1.30. The fourth-order valence-corrected chi connectivity index (χ4v) is 8.65. The minimum Gasteiger partial charge on any atom is -0.310 e.